The Labute approximate surface area is 206 Å². The van der Waals surface area contributed by atoms with Gasteiger partial charge >= 0.3 is 12.0 Å². The molecule has 2 saturated heterocycles. The van der Waals surface area contributed by atoms with Gasteiger partial charge in [0.05, 0.1) is 5.56 Å². The Balaban J connectivity index is 1.21. The van der Waals surface area contributed by atoms with Crippen molar-refractivity contribution in [1.82, 2.24) is 14.7 Å². The number of amides is 2. The third-order valence-corrected chi connectivity index (χ3v) is 7.22. The third-order valence-electron chi connectivity index (χ3n) is 6.80. The molecule has 0 bridgehead atoms. The van der Waals surface area contributed by atoms with Gasteiger partial charge < -0.3 is 15.3 Å². The van der Waals surface area contributed by atoms with E-state index in [1.807, 2.05) is 42.2 Å². The molecule has 2 aromatic rings. The van der Waals surface area contributed by atoms with Gasteiger partial charge in [0, 0.05) is 56.5 Å². The summed E-state index contributed by atoms with van der Waals surface area (Å²) in [5.41, 5.74) is 3.20. The minimum absolute atomic E-state index is 0.0564. The number of piperazine rings is 1. The summed E-state index contributed by atoms with van der Waals surface area (Å²) in [5.74, 6) is -0.272. The number of urea groups is 1. The second-order valence-electron chi connectivity index (χ2n) is 9.43. The number of likely N-dealkylation sites (tertiary alicyclic amines) is 1. The number of carbonyl (C=O) groups is 2. The summed E-state index contributed by atoms with van der Waals surface area (Å²) in [4.78, 5) is 30.5. The van der Waals surface area contributed by atoms with E-state index in [4.69, 9.17) is 16.7 Å². The highest BCUT2D eigenvalue weighted by molar-refractivity contribution is 6.31. The lowest BCUT2D eigenvalue weighted by atomic mass is 9.96. The zero-order chi connectivity index (χ0) is 24.1. The highest BCUT2D eigenvalue weighted by atomic mass is 35.5. The van der Waals surface area contributed by atoms with Crippen LogP contribution in [0.25, 0.3) is 0 Å². The van der Waals surface area contributed by atoms with Crippen LogP contribution < -0.4 is 5.32 Å². The van der Waals surface area contributed by atoms with Crippen LogP contribution in [-0.2, 0) is 6.54 Å². The van der Waals surface area contributed by atoms with Gasteiger partial charge in [0.15, 0.2) is 0 Å². The number of carboxylic acid groups (broad SMARTS) is 1. The first-order chi connectivity index (χ1) is 16.4. The highest BCUT2D eigenvalue weighted by Crippen LogP contribution is 2.22. The van der Waals surface area contributed by atoms with E-state index < -0.39 is 5.97 Å². The summed E-state index contributed by atoms with van der Waals surface area (Å²) >= 11 is 6.08. The van der Waals surface area contributed by atoms with Crippen molar-refractivity contribution in [2.75, 3.05) is 51.1 Å². The number of piperidine rings is 1. The van der Waals surface area contributed by atoms with Crippen molar-refractivity contribution >= 4 is 29.3 Å². The normalized spacial score (nSPS) is 19.7. The molecule has 2 heterocycles. The smallest absolute Gasteiger partial charge is 0.335 e. The molecular weight excluding hydrogens is 452 g/mol. The van der Waals surface area contributed by atoms with Crippen molar-refractivity contribution in [3.8, 4) is 0 Å². The zero-order valence-corrected chi connectivity index (χ0v) is 20.4. The Kier molecular flexibility index (Phi) is 8.08. The molecule has 0 radical (unpaired) electrons. The lowest BCUT2D eigenvalue weighted by Gasteiger charge is -2.39. The molecule has 2 aliphatic heterocycles. The van der Waals surface area contributed by atoms with Gasteiger partial charge in [-0.25, -0.2) is 9.59 Å². The van der Waals surface area contributed by atoms with Gasteiger partial charge in [0.2, 0.25) is 0 Å². The Morgan fingerprint density at radius 2 is 1.76 bits per heavy atom. The van der Waals surface area contributed by atoms with Crippen LogP contribution in [0, 0.1) is 12.8 Å². The second kappa shape index (κ2) is 11.2. The van der Waals surface area contributed by atoms with Gasteiger partial charge in [0.1, 0.15) is 0 Å². The molecule has 2 aromatic carbocycles. The summed E-state index contributed by atoms with van der Waals surface area (Å²) < 4.78 is 0. The molecule has 0 aromatic heterocycles. The zero-order valence-electron chi connectivity index (χ0n) is 19.7. The molecule has 0 saturated carbocycles. The summed E-state index contributed by atoms with van der Waals surface area (Å²) in [5, 5.41) is 12.8. The first-order valence-corrected chi connectivity index (χ1v) is 12.3. The van der Waals surface area contributed by atoms with Gasteiger partial charge in [-0.3, -0.25) is 9.80 Å². The summed E-state index contributed by atoms with van der Waals surface area (Å²) in [6, 6.07) is 12.7. The van der Waals surface area contributed by atoms with Crippen LogP contribution in [0.15, 0.2) is 42.5 Å². The first-order valence-electron chi connectivity index (χ1n) is 12.0. The molecular formula is C26H33ClN4O3. The molecule has 1 atom stereocenters. The van der Waals surface area contributed by atoms with Crippen LogP contribution >= 0.6 is 11.6 Å². The first kappa shape index (κ1) is 24.5. The minimum atomic E-state index is -0.887. The number of aromatic carboxylic acids is 1. The number of nitrogens with zero attached hydrogens (tertiary/aromatic N) is 3. The molecule has 0 spiro atoms. The minimum Gasteiger partial charge on any atom is -0.478 e. The maximum Gasteiger partial charge on any atom is 0.335 e. The van der Waals surface area contributed by atoms with Crippen molar-refractivity contribution < 1.29 is 14.7 Å². The van der Waals surface area contributed by atoms with Crippen molar-refractivity contribution in [3.05, 3.63) is 64.2 Å². The fourth-order valence-corrected chi connectivity index (χ4v) is 5.00. The standard InChI is InChI=1S/C26H33ClN4O3/c1-19-15-23(8-9-24(19)27)28-26(34)31-13-11-29(12-14-31)17-21-3-2-10-30(18-21)16-20-4-6-22(7-5-20)25(32)33/h4-9,15,21H,2-3,10-14,16-18H2,1H3,(H,28,34)(H,32,33)/t21-/m0/s1. The number of hydrogen-bond donors (Lipinski definition) is 2. The van der Waals surface area contributed by atoms with Crippen molar-refractivity contribution in [2.24, 2.45) is 5.92 Å². The molecule has 2 aliphatic rings. The molecule has 0 unspecified atom stereocenters. The van der Waals surface area contributed by atoms with Gasteiger partial charge in [-0.1, -0.05) is 23.7 Å². The van der Waals surface area contributed by atoms with Gasteiger partial charge in [-0.05, 0) is 73.7 Å². The predicted octanol–water partition coefficient (Wildman–Crippen LogP) is 4.41. The quantitative estimate of drug-likeness (QED) is 0.635. The molecule has 2 amide bonds. The number of anilines is 1. The summed E-state index contributed by atoms with van der Waals surface area (Å²) in [7, 11) is 0. The predicted molar refractivity (Wildman–Crippen MR) is 135 cm³/mol. The number of carbonyl (C=O) groups excluding carboxylic acids is 1. The Morgan fingerprint density at radius 3 is 2.44 bits per heavy atom. The molecule has 7 nitrogen and oxygen atoms in total. The second-order valence-corrected chi connectivity index (χ2v) is 9.83. The molecule has 34 heavy (non-hydrogen) atoms. The van der Waals surface area contributed by atoms with E-state index in [2.05, 4.69) is 15.1 Å². The molecule has 8 heteroatoms. The topological polar surface area (TPSA) is 76.1 Å². The fraction of sp³-hybridized carbons (Fsp3) is 0.462. The molecule has 0 aliphatic carbocycles. The maximum atomic E-state index is 12.7. The lowest BCUT2D eigenvalue weighted by Crippen LogP contribution is -2.52. The largest absolute Gasteiger partial charge is 0.478 e. The van der Waals surface area contributed by atoms with E-state index >= 15 is 0 Å². The van der Waals surface area contributed by atoms with E-state index in [0.29, 0.717) is 16.5 Å². The number of carboxylic acids is 1. The van der Waals surface area contributed by atoms with E-state index in [-0.39, 0.29) is 6.03 Å². The van der Waals surface area contributed by atoms with E-state index in [1.54, 1.807) is 12.1 Å². The lowest BCUT2D eigenvalue weighted by molar-refractivity contribution is 0.0697. The van der Waals surface area contributed by atoms with Crippen molar-refractivity contribution in [1.29, 1.82) is 0 Å². The van der Waals surface area contributed by atoms with E-state index in [1.165, 1.54) is 12.8 Å². The average Bonchev–Trinajstić information content (AvgIpc) is 2.82. The van der Waals surface area contributed by atoms with Crippen LogP contribution in [0.5, 0.6) is 0 Å². The highest BCUT2D eigenvalue weighted by Gasteiger charge is 2.26. The van der Waals surface area contributed by atoms with Gasteiger partial charge in [0.25, 0.3) is 0 Å². The SMILES string of the molecule is Cc1cc(NC(=O)N2CCN(C[C@@H]3CCCN(Cc4ccc(C(=O)O)cc4)C3)CC2)ccc1Cl. The van der Waals surface area contributed by atoms with Crippen molar-refractivity contribution in [2.45, 2.75) is 26.3 Å². The monoisotopic (exact) mass is 484 g/mol. The van der Waals surface area contributed by atoms with Crippen LogP contribution in [-0.4, -0.2) is 77.6 Å². The number of benzene rings is 2. The van der Waals surface area contributed by atoms with E-state index in [0.717, 1.165) is 69.2 Å². The third kappa shape index (κ3) is 6.50. The fourth-order valence-electron chi connectivity index (χ4n) is 4.88. The van der Waals surface area contributed by atoms with Crippen LogP contribution in [0.4, 0.5) is 10.5 Å². The molecule has 4 rings (SSSR count). The number of halogens is 1. The van der Waals surface area contributed by atoms with Gasteiger partial charge in [-0.2, -0.15) is 0 Å². The Hall–Kier alpha value is -2.61. The van der Waals surface area contributed by atoms with E-state index in [9.17, 15) is 9.59 Å². The van der Waals surface area contributed by atoms with Crippen LogP contribution in [0.3, 0.4) is 0 Å². The number of nitrogens with one attached hydrogen (secondary N) is 1. The van der Waals surface area contributed by atoms with Gasteiger partial charge in [-0.15, -0.1) is 0 Å². The number of hydrogen-bond acceptors (Lipinski definition) is 4. The Bertz CT molecular complexity index is 1010. The van der Waals surface area contributed by atoms with Crippen LogP contribution in [0.1, 0.15) is 34.3 Å². The van der Waals surface area contributed by atoms with Crippen molar-refractivity contribution in [3.63, 3.8) is 0 Å². The Morgan fingerprint density at radius 1 is 1.03 bits per heavy atom. The summed E-state index contributed by atoms with van der Waals surface area (Å²) in [6.45, 7) is 9.20. The molecule has 2 N–H and O–H groups in total. The summed E-state index contributed by atoms with van der Waals surface area (Å²) in [6.07, 6.45) is 2.41. The van der Waals surface area contributed by atoms with Crippen LogP contribution in [0.2, 0.25) is 5.02 Å². The molecule has 2 fully saturated rings. The number of rotatable bonds is 6. The maximum absolute atomic E-state index is 12.7. The number of aryl methyl sites for hydroxylation is 1. The molecule has 182 valence electrons. The average molecular weight is 485 g/mol.